The number of fused-ring (bicyclic) bond motifs is 1. The number of amides is 1. The maximum Gasteiger partial charge on any atom is 0.251 e. The lowest BCUT2D eigenvalue weighted by Crippen LogP contribution is -2.61. The maximum atomic E-state index is 13.0. The third-order valence-electron chi connectivity index (χ3n) is 7.32. The number of ether oxygens (including phenoxy) is 2. The first-order valence-corrected chi connectivity index (χ1v) is 11.5. The first-order chi connectivity index (χ1) is 15.6. The lowest BCUT2D eigenvalue weighted by Gasteiger charge is -2.55. The molecule has 0 aromatic heterocycles. The van der Waals surface area contributed by atoms with E-state index < -0.39 is 0 Å². The van der Waals surface area contributed by atoms with Gasteiger partial charge in [0.05, 0.1) is 13.2 Å². The molecule has 0 spiro atoms. The summed E-state index contributed by atoms with van der Waals surface area (Å²) in [6.45, 7) is 6.77. The SMILES string of the molecule is C=CCN1CC[C@@]2(c3cccc(OC)c3)C[C@@H](NC(=O)c3ccccc3)CC(OC)[C@@H]2C1. The number of rotatable bonds is 7. The predicted molar refractivity (Wildman–Crippen MR) is 127 cm³/mol. The average Bonchev–Trinajstić information content (AvgIpc) is 2.84. The minimum absolute atomic E-state index is 0.0196. The zero-order valence-corrected chi connectivity index (χ0v) is 19.1. The largest absolute Gasteiger partial charge is 0.497 e. The number of hydrogen-bond acceptors (Lipinski definition) is 4. The Bertz CT molecular complexity index is 932. The molecule has 5 heteroatoms. The lowest BCUT2D eigenvalue weighted by molar-refractivity contribution is -0.0653. The van der Waals surface area contributed by atoms with Crippen LogP contribution in [0.25, 0.3) is 0 Å². The van der Waals surface area contributed by atoms with Crippen molar-refractivity contribution in [3.8, 4) is 5.75 Å². The van der Waals surface area contributed by atoms with Crippen molar-refractivity contribution in [1.82, 2.24) is 10.2 Å². The van der Waals surface area contributed by atoms with Crippen molar-refractivity contribution in [3.63, 3.8) is 0 Å². The smallest absolute Gasteiger partial charge is 0.251 e. The van der Waals surface area contributed by atoms with Crippen LogP contribution in [0.1, 0.15) is 35.2 Å². The number of hydrogen-bond donors (Lipinski definition) is 1. The average molecular weight is 435 g/mol. The van der Waals surface area contributed by atoms with Crippen molar-refractivity contribution in [2.24, 2.45) is 5.92 Å². The molecule has 2 aliphatic rings. The summed E-state index contributed by atoms with van der Waals surface area (Å²) in [4.78, 5) is 15.4. The van der Waals surface area contributed by atoms with E-state index in [0.717, 1.165) is 44.6 Å². The van der Waals surface area contributed by atoms with Gasteiger partial charge in [-0.05, 0) is 55.6 Å². The molecule has 0 radical (unpaired) electrons. The number of piperidine rings is 1. The fourth-order valence-corrected chi connectivity index (χ4v) is 5.77. The van der Waals surface area contributed by atoms with Crippen molar-refractivity contribution in [1.29, 1.82) is 0 Å². The van der Waals surface area contributed by atoms with Gasteiger partial charge in [-0.3, -0.25) is 9.69 Å². The molecule has 0 bridgehead atoms. The molecular weight excluding hydrogens is 400 g/mol. The van der Waals surface area contributed by atoms with Gasteiger partial charge >= 0.3 is 0 Å². The zero-order chi connectivity index (χ0) is 22.6. The lowest BCUT2D eigenvalue weighted by atomic mass is 9.57. The number of nitrogens with one attached hydrogen (secondary N) is 1. The summed E-state index contributed by atoms with van der Waals surface area (Å²) in [7, 11) is 3.51. The van der Waals surface area contributed by atoms with Crippen LogP contribution >= 0.6 is 0 Å². The topological polar surface area (TPSA) is 50.8 Å². The van der Waals surface area contributed by atoms with Crippen LogP contribution in [-0.4, -0.2) is 56.8 Å². The fraction of sp³-hybridized carbons (Fsp3) is 0.444. The second-order valence-electron chi connectivity index (χ2n) is 9.04. The molecule has 1 saturated carbocycles. The Morgan fingerprint density at radius 2 is 2.03 bits per heavy atom. The van der Waals surface area contributed by atoms with Gasteiger partial charge in [0, 0.05) is 43.1 Å². The van der Waals surface area contributed by atoms with Gasteiger partial charge in [0.2, 0.25) is 0 Å². The molecule has 1 aliphatic carbocycles. The summed E-state index contributed by atoms with van der Waals surface area (Å²) in [5.74, 6) is 1.18. The van der Waals surface area contributed by atoms with E-state index in [1.54, 1.807) is 14.2 Å². The molecule has 1 unspecified atom stereocenters. The van der Waals surface area contributed by atoms with Crippen LogP contribution in [0.5, 0.6) is 5.75 Å². The normalized spacial score (nSPS) is 27.9. The second kappa shape index (κ2) is 9.88. The van der Waals surface area contributed by atoms with E-state index in [-0.39, 0.29) is 23.5 Å². The standard InChI is InChI=1S/C27H34N2O3/c1-4-14-29-15-13-27(21-11-8-12-23(16-21)31-2)18-22(17-25(32-3)24(27)19-29)28-26(30)20-9-6-5-7-10-20/h4-12,16,22,24-25H,1,13-15,17-19H2,2-3H3,(H,28,30)/t22-,24-,25?,27-/m0/s1. The van der Waals surface area contributed by atoms with Crippen LogP contribution in [0.3, 0.4) is 0 Å². The van der Waals surface area contributed by atoms with Gasteiger partial charge in [0.25, 0.3) is 5.91 Å². The summed E-state index contributed by atoms with van der Waals surface area (Å²) in [6, 6.07) is 17.9. The highest BCUT2D eigenvalue weighted by molar-refractivity contribution is 5.94. The Morgan fingerprint density at radius 3 is 2.75 bits per heavy atom. The van der Waals surface area contributed by atoms with Gasteiger partial charge in [0.15, 0.2) is 0 Å². The Hall–Kier alpha value is -2.63. The fourth-order valence-electron chi connectivity index (χ4n) is 5.77. The van der Waals surface area contributed by atoms with E-state index in [1.807, 2.05) is 42.5 Å². The summed E-state index contributed by atoms with van der Waals surface area (Å²) in [5, 5.41) is 3.31. The summed E-state index contributed by atoms with van der Waals surface area (Å²) >= 11 is 0. The van der Waals surface area contributed by atoms with Crippen LogP contribution in [0, 0.1) is 5.92 Å². The van der Waals surface area contributed by atoms with Crippen molar-refractivity contribution in [3.05, 3.63) is 78.4 Å². The van der Waals surface area contributed by atoms with Gasteiger partial charge in [-0.15, -0.1) is 6.58 Å². The number of likely N-dealkylation sites (tertiary alicyclic amines) is 1. The van der Waals surface area contributed by atoms with Gasteiger partial charge in [-0.1, -0.05) is 36.4 Å². The highest BCUT2D eigenvalue weighted by Gasteiger charge is 2.52. The Labute approximate surface area is 191 Å². The minimum Gasteiger partial charge on any atom is -0.497 e. The third-order valence-corrected chi connectivity index (χ3v) is 7.32. The summed E-state index contributed by atoms with van der Waals surface area (Å²) in [5.41, 5.74) is 1.89. The monoisotopic (exact) mass is 434 g/mol. The van der Waals surface area contributed by atoms with E-state index in [4.69, 9.17) is 9.47 Å². The summed E-state index contributed by atoms with van der Waals surface area (Å²) < 4.78 is 11.6. The predicted octanol–water partition coefficient (Wildman–Crippen LogP) is 4.05. The molecule has 1 amide bonds. The third kappa shape index (κ3) is 4.45. The van der Waals surface area contributed by atoms with Crippen LogP contribution in [-0.2, 0) is 10.2 Å². The first kappa shape index (κ1) is 22.6. The quantitative estimate of drug-likeness (QED) is 0.668. The van der Waals surface area contributed by atoms with E-state index in [2.05, 4.69) is 35.0 Å². The molecule has 5 nitrogen and oxygen atoms in total. The highest BCUT2D eigenvalue weighted by atomic mass is 16.5. The molecule has 2 aromatic carbocycles. The Balaban J connectivity index is 1.67. The molecule has 170 valence electrons. The number of carbonyl (C=O) groups excluding carboxylic acids is 1. The second-order valence-corrected chi connectivity index (χ2v) is 9.04. The van der Waals surface area contributed by atoms with Crippen LogP contribution < -0.4 is 10.1 Å². The molecule has 1 saturated heterocycles. The van der Waals surface area contributed by atoms with Gasteiger partial charge in [0.1, 0.15) is 5.75 Å². The minimum atomic E-state index is -0.0836. The number of methoxy groups -OCH3 is 2. The maximum absolute atomic E-state index is 13.0. The van der Waals surface area contributed by atoms with Gasteiger partial charge in [-0.2, -0.15) is 0 Å². The van der Waals surface area contributed by atoms with Crippen molar-refractivity contribution in [2.45, 2.75) is 36.8 Å². The Morgan fingerprint density at radius 1 is 1.22 bits per heavy atom. The van der Waals surface area contributed by atoms with E-state index in [0.29, 0.717) is 11.5 Å². The van der Waals surface area contributed by atoms with Crippen molar-refractivity contribution < 1.29 is 14.3 Å². The number of nitrogens with zero attached hydrogens (tertiary/aromatic N) is 1. The van der Waals surface area contributed by atoms with E-state index in [1.165, 1.54) is 5.56 Å². The van der Waals surface area contributed by atoms with Gasteiger partial charge in [-0.25, -0.2) is 0 Å². The number of carbonyl (C=O) groups is 1. The van der Waals surface area contributed by atoms with E-state index in [9.17, 15) is 4.79 Å². The van der Waals surface area contributed by atoms with Crippen LogP contribution in [0.4, 0.5) is 0 Å². The van der Waals surface area contributed by atoms with E-state index >= 15 is 0 Å². The Kier molecular flexibility index (Phi) is 6.97. The van der Waals surface area contributed by atoms with Crippen LogP contribution in [0.15, 0.2) is 67.3 Å². The molecule has 2 aromatic rings. The van der Waals surface area contributed by atoms with Crippen LogP contribution in [0.2, 0.25) is 0 Å². The number of benzene rings is 2. The molecule has 4 atom stereocenters. The van der Waals surface area contributed by atoms with Gasteiger partial charge < -0.3 is 14.8 Å². The zero-order valence-electron chi connectivity index (χ0n) is 19.1. The molecular formula is C27H34N2O3. The molecule has 32 heavy (non-hydrogen) atoms. The molecule has 1 aliphatic heterocycles. The van der Waals surface area contributed by atoms with Crippen molar-refractivity contribution in [2.75, 3.05) is 33.9 Å². The summed E-state index contributed by atoms with van der Waals surface area (Å²) in [6.07, 6.45) is 4.75. The van der Waals surface area contributed by atoms with Crippen molar-refractivity contribution >= 4 is 5.91 Å². The molecule has 2 fully saturated rings. The molecule has 1 heterocycles. The highest BCUT2D eigenvalue weighted by Crippen LogP contribution is 2.50. The molecule has 4 rings (SSSR count). The first-order valence-electron chi connectivity index (χ1n) is 11.5. The molecule has 1 N–H and O–H groups in total.